The maximum atomic E-state index is 4.59. The quantitative estimate of drug-likeness (QED) is 0.742. The predicted octanol–water partition coefficient (Wildman–Crippen LogP) is 2.40. The lowest BCUT2D eigenvalue weighted by Gasteiger charge is -2.09. The van der Waals surface area contributed by atoms with Gasteiger partial charge in [0.15, 0.2) is 0 Å². The van der Waals surface area contributed by atoms with Gasteiger partial charge in [0.05, 0.1) is 11.4 Å². The molecule has 0 radical (unpaired) electrons. The molecule has 0 atom stereocenters. The van der Waals surface area contributed by atoms with Gasteiger partial charge < -0.3 is 4.90 Å². The lowest BCUT2D eigenvalue weighted by Crippen LogP contribution is -2.12. The Morgan fingerprint density at radius 3 is 2.64 bits per heavy atom. The van der Waals surface area contributed by atoms with Gasteiger partial charge in [0.1, 0.15) is 0 Å². The molecule has 0 bridgehead atoms. The molecule has 0 aliphatic carbocycles. The fourth-order valence-electron chi connectivity index (χ4n) is 1.23. The highest BCUT2D eigenvalue weighted by molar-refractivity contribution is 7.98. The summed E-state index contributed by atoms with van der Waals surface area (Å²) in [5.74, 6) is 2.18. The smallest absolute Gasteiger partial charge is 0.0547 e. The highest BCUT2D eigenvalue weighted by Gasteiger charge is 1.98. The van der Waals surface area contributed by atoms with Gasteiger partial charge in [-0.1, -0.05) is 13.0 Å². The van der Waals surface area contributed by atoms with E-state index in [0.717, 1.165) is 23.7 Å². The Balaban J connectivity index is 2.59. The maximum absolute atomic E-state index is 4.59. The topological polar surface area (TPSA) is 16.1 Å². The molecule has 14 heavy (non-hydrogen) atoms. The maximum Gasteiger partial charge on any atom is 0.0547 e. The minimum absolute atomic E-state index is 0.921. The Morgan fingerprint density at radius 2 is 2.00 bits per heavy atom. The Hall–Kier alpha value is -0.540. The minimum atomic E-state index is 0.921. The van der Waals surface area contributed by atoms with Crippen molar-refractivity contribution in [2.45, 2.75) is 19.2 Å². The summed E-state index contributed by atoms with van der Waals surface area (Å²) in [6.07, 6.45) is 0. The molecule has 3 heteroatoms. The number of pyridine rings is 1. The van der Waals surface area contributed by atoms with Crippen LogP contribution in [0.15, 0.2) is 18.2 Å². The normalized spacial score (nSPS) is 10.9. The molecular formula is C11H18N2S. The molecule has 0 aromatic carbocycles. The predicted molar refractivity (Wildman–Crippen MR) is 63.5 cm³/mol. The van der Waals surface area contributed by atoms with Crippen molar-refractivity contribution in [1.82, 2.24) is 9.88 Å². The van der Waals surface area contributed by atoms with Crippen LogP contribution in [-0.2, 0) is 12.3 Å². The third-order valence-corrected chi connectivity index (χ3v) is 2.70. The molecule has 0 aliphatic rings. The first kappa shape index (κ1) is 11.5. The zero-order chi connectivity index (χ0) is 10.4. The van der Waals surface area contributed by atoms with Crippen LogP contribution in [0, 0.1) is 0 Å². The molecule has 0 unspecified atom stereocenters. The highest BCUT2D eigenvalue weighted by Crippen LogP contribution is 2.10. The van der Waals surface area contributed by atoms with E-state index in [4.69, 9.17) is 0 Å². The Bertz CT molecular complexity index is 274. The van der Waals surface area contributed by atoms with Crippen molar-refractivity contribution in [2.75, 3.05) is 19.8 Å². The fourth-order valence-corrected chi connectivity index (χ4v) is 1.80. The molecule has 1 heterocycles. The number of rotatable bonds is 5. The summed E-state index contributed by atoms with van der Waals surface area (Å²) in [5, 5.41) is 0. The summed E-state index contributed by atoms with van der Waals surface area (Å²) >= 11 is 1.91. The van der Waals surface area contributed by atoms with Crippen molar-refractivity contribution in [3.63, 3.8) is 0 Å². The average molecular weight is 210 g/mol. The summed E-state index contributed by atoms with van der Waals surface area (Å²) in [7, 11) is 4.13. The zero-order valence-corrected chi connectivity index (χ0v) is 9.97. The minimum Gasteiger partial charge on any atom is -0.304 e. The van der Waals surface area contributed by atoms with Gasteiger partial charge in [-0.25, -0.2) is 0 Å². The van der Waals surface area contributed by atoms with Crippen LogP contribution in [0.5, 0.6) is 0 Å². The standard InChI is InChI=1S/C11H18N2S/c1-4-14-9-11-7-5-6-10(12-11)8-13(2)3/h5-7H,4,8-9H2,1-3H3. The van der Waals surface area contributed by atoms with Crippen LogP contribution in [-0.4, -0.2) is 29.7 Å². The molecule has 0 fully saturated rings. The molecule has 0 saturated heterocycles. The van der Waals surface area contributed by atoms with E-state index < -0.39 is 0 Å². The molecular weight excluding hydrogens is 192 g/mol. The Morgan fingerprint density at radius 1 is 1.29 bits per heavy atom. The number of nitrogens with zero attached hydrogens (tertiary/aromatic N) is 2. The van der Waals surface area contributed by atoms with Crippen LogP contribution in [0.25, 0.3) is 0 Å². The molecule has 1 aromatic heterocycles. The van der Waals surface area contributed by atoms with E-state index >= 15 is 0 Å². The largest absolute Gasteiger partial charge is 0.304 e. The summed E-state index contributed by atoms with van der Waals surface area (Å²) in [6.45, 7) is 3.10. The molecule has 1 aromatic rings. The fraction of sp³-hybridized carbons (Fsp3) is 0.545. The van der Waals surface area contributed by atoms with Crippen LogP contribution in [0.1, 0.15) is 18.3 Å². The van der Waals surface area contributed by atoms with Crippen molar-refractivity contribution in [2.24, 2.45) is 0 Å². The molecule has 0 saturated carbocycles. The van der Waals surface area contributed by atoms with E-state index in [0.29, 0.717) is 0 Å². The van der Waals surface area contributed by atoms with Crippen LogP contribution in [0.3, 0.4) is 0 Å². The third-order valence-electron chi connectivity index (χ3n) is 1.80. The summed E-state index contributed by atoms with van der Waals surface area (Å²) in [5.41, 5.74) is 2.35. The van der Waals surface area contributed by atoms with Crippen molar-refractivity contribution < 1.29 is 0 Å². The van der Waals surface area contributed by atoms with Crippen LogP contribution >= 0.6 is 11.8 Å². The Kier molecular flexibility index (Phi) is 4.98. The zero-order valence-electron chi connectivity index (χ0n) is 9.16. The van der Waals surface area contributed by atoms with E-state index in [1.54, 1.807) is 0 Å². The molecule has 0 aliphatic heterocycles. The van der Waals surface area contributed by atoms with E-state index in [-0.39, 0.29) is 0 Å². The van der Waals surface area contributed by atoms with Crippen molar-refractivity contribution in [3.05, 3.63) is 29.6 Å². The number of hydrogen-bond acceptors (Lipinski definition) is 3. The summed E-state index contributed by atoms with van der Waals surface area (Å²) < 4.78 is 0. The molecule has 1 rings (SSSR count). The van der Waals surface area contributed by atoms with Gasteiger partial charge in [-0.15, -0.1) is 0 Å². The van der Waals surface area contributed by atoms with Crippen LogP contribution in [0.4, 0.5) is 0 Å². The van der Waals surface area contributed by atoms with Gasteiger partial charge in [0, 0.05) is 12.3 Å². The molecule has 2 nitrogen and oxygen atoms in total. The SMILES string of the molecule is CCSCc1cccc(CN(C)C)n1. The number of thioether (sulfide) groups is 1. The lowest BCUT2D eigenvalue weighted by molar-refractivity contribution is 0.396. The highest BCUT2D eigenvalue weighted by atomic mass is 32.2. The van der Waals surface area contributed by atoms with E-state index in [9.17, 15) is 0 Å². The van der Waals surface area contributed by atoms with Gasteiger partial charge >= 0.3 is 0 Å². The third kappa shape index (κ3) is 4.11. The summed E-state index contributed by atoms with van der Waals surface area (Å²) in [6, 6.07) is 6.28. The Labute approximate surface area is 90.7 Å². The number of hydrogen-bond donors (Lipinski definition) is 0. The lowest BCUT2D eigenvalue weighted by atomic mass is 10.3. The van der Waals surface area contributed by atoms with E-state index in [1.165, 1.54) is 5.69 Å². The van der Waals surface area contributed by atoms with Gasteiger partial charge in [0.25, 0.3) is 0 Å². The molecule has 0 amide bonds. The number of aromatic nitrogens is 1. The average Bonchev–Trinajstić information content (AvgIpc) is 2.14. The van der Waals surface area contributed by atoms with Gasteiger partial charge in [-0.05, 0) is 32.0 Å². The first-order valence-corrected chi connectivity index (χ1v) is 6.05. The second-order valence-corrected chi connectivity index (χ2v) is 4.77. The first-order valence-electron chi connectivity index (χ1n) is 4.89. The molecule has 0 N–H and O–H groups in total. The second kappa shape index (κ2) is 6.04. The first-order chi connectivity index (χ1) is 6.72. The van der Waals surface area contributed by atoms with Gasteiger partial charge in [-0.3, -0.25) is 4.98 Å². The van der Waals surface area contributed by atoms with Crippen LogP contribution < -0.4 is 0 Å². The van der Waals surface area contributed by atoms with Crippen molar-refractivity contribution in [3.8, 4) is 0 Å². The van der Waals surface area contributed by atoms with E-state index in [2.05, 4.69) is 49.1 Å². The second-order valence-electron chi connectivity index (χ2n) is 3.50. The molecule has 78 valence electrons. The molecule has 0 spiro atoms. The monoisotopic (exact) mass is 210 g/mol. The van der Waals surface area contributed by atoms with Gasteiger partial charge in [0.2, 0.25) is 0 Å². The van der Waals surface area contributed by atoms with E-state index in [1.807, 2.05) is 11.8 Å². The van der Waals surface area contributed by atoms with Crippen LogP contribution in [0.2, 0.25) is 0 Å². The summed E-state index contributed by atoms with van der Waals surface area (Å²) in [4.78, 5) is 6.73. The van der Waals surface area contributed by atoms with Crippen molar-refractivity contribution in [1.29, 1.82) is 0 Å². The van der Waals surface area contributed by atoms with Gasteiger partial charge in [-0.2, -0.15) is 11.8 Å². The van der Waals surface area contributed by atoms with Crippen molar-refractivity contribution >= 4 is 11.8 Å².